The Balaban J connectivity index is 1.47. The Hall–Kier alpha value is -3.20. The van der Waals surface area contributed by atoms with Crippen LogP contribution in [-0.4, -0.2) is 17.7 Å². The number of rotatable bonds is 4. The molecule has 0 unspecified atom stereocenters. The van der Waals surface area contributed by atoms with Crippen LogP contribution in [0.2, 0.25) is 0 Å². The summed E-state index contributed by atoms with van der Waals surface area (Å²) in [7, 11) is 0. The largest absolute Gasteiger partial charge is 0.489 e. The van der Waals surface area contributed by atoms with E-state index < -0.39 is 16.2 Å². The van der Waals surface area contributed by atoms with Gasteiger partial charge >= 0.3 is 0 Å². The topological polar surface area (TPSA) is 43.4 Å². The van der Waals surface area contributed by atoms with Gasteiger partial charge in [-0.25, -0.2) is 0 Å². The van der Waals surface area contributed by atoms with E-state index in [4.69, 9.17) is 4.74 Å². The van der Waals surface area contributed by atoms with Crippen LogP contribution in [0.5, 0.6) is 5.75 Å². The molecule has 3 heteroatoms. The van der Waals surface area contributed by atoms with Crippen LogP contribution in [-0.2, 0) is 15.0 Å². The third kappa shape index (κ3) is 2.12. The van der Waals surface area contributed by atoms with E-state index in [9.17, 15) is 9.59 Å². The maximum Gasteiger partial charge on any atom is 0.148 e. The van der Waals surface area contributed by atoms with Crippen LogP contribution in [0.4, 0.5) is 0 Å². The van der Waals surface area contributed by atoms with E-state index in [2.05, 4.69) is 24.3 Å². The van der Waals surface area contributed by atoms with Crippen LogP contribution in [0.3, 0.4) is 0 Å². The van der Waals surface area contributed by atoms with Crippen molar-refractivity contribution in [3.8, 4) is 5.75 Å². The summed E-state index contributed by atoms with van der Waals surface area (Å²) >= 11 is 0. The van der Waals surface area contributed by atoms with E-state index in [1.165, 1.54) is 0 Å². The number of carbonyl (C=O) groups is 2. The number of ketones is 2. The molecule has 3 nitrogen and oxygen atoms in total. The highest BCUT2D eigenvalue weighted by Crippen LogP contribution is 2.80. The first-order valence-electron chi connectivity index (χ1n) is 11.4. The minimum Gasteiger partial charge on any atom is -0.489 e. The molecule has 160 valence electrons. The lowest BCUT2D eigenvalue weighted by atomic mass is 9.50. The average Bonchev–Trinajstić information content (AvgIpc) is 3.43. The number of carbonyl (C=O) groups excluding carboxylic acids is 2. The van der Waals surface area contributed by atoms with Crippen molar-refractivity contribution in [2.45, 2.75) is 31.8 Å². The molecule has 0 N–H and O–H groups in total. The van der Waals surface area contributed by atoms with E-state index >= 15 is 0 Å². The summed E-state index contributed by atoms with van der Waals surface area (Å²) in [6.07, 6.45) is 0.318. The molecule has 32 heavy (non-hydrogen) atoms. The zero-order valence-electron chi connectivity index (χ0n) is 18.3. The number of hydrogen-bond acceptors (Lipinski definition) is 3. The lowest BCUT2D eigenvalue weighted by molar-refractivity contribution is -0.174. The van der Waals surface area contributed by atoms with Gasteiger partial charge in [-0.2, -0.15) is 0 Å². The molecular formula is C29H26O3. The van der Waals surface area contributed by atoms with Gasteiger partial charge in [0, 0.05) is 17.3 Å². The average molecular weight is 423 g/mol. The minimum absolute atomic E-state index is 0.171. The van der Waals surface area contributed by atoms with Crippen molar-refractivity contribution < 1.29 is 14.3 Å². The summed E-state index contributed by atoms with van der Waals surface area (Å²) < 4.78 is 6.25. The molecule has 0 bridgehead atoms. The SMILES string of the molecule is C[C@@]12C(=O)[C@H]3C(c4ccccc4)(c4ccccc4)[C@@]3(C)C(=O)[C@@H]1C[C@H]2Oc1ccccc1. The number of fused-ring (bicyclic) bond motifs is 2. The van der Waals surface area contributed by atoms with Gasteiger partial charge in [0.25, 0.3) is 0 Å². The molecule has 3 saturated carbocycles. The molecule has 6 rings (SSSR count). The third-order valence-corrected chi connectivity index (χ3v) is 8.69. The number of hydrogen-bond donors (Lipinski definition) is 0. The van der Waals surface area contributed by atoms with Gasteiger partial charge in [0.2, 0.25) is 0 Å². The van der Waals surface area contributed by atoms with E-state index in [0.717, 1.165) is 16.9 Å². The molecule has 0 saturated heterocycles. The van der Waals surface area contributed by atoms with E-state index in [1.54, 1.807) is 0 Å². The van der Waals surface area contributed by atoms with E-state index in [1.807, 2.05) is 80.6 Å². The second kappa shape index (κ2) is 6.41. The molecular weight excluding hydrogens is 396 g/mol. The van der Waals surface area contributed by atoms with Gasteiger partial charge in [0.05, 0.1) is 10.8 Å². The lowest BCUT2D eigenvalue weighted by Gasteiger charge is -2.54. The first kappa shape index (κ1) is 19.5. The fraction of sp³-hybridized carbons (Fsp3) is 0.310. The van der Waals surface area contributed by atoms with Gasteiger partial charge in [0.1, 0.15) is 23.4 Å². The number of ether oxygens (including phenoxy) is 1. The Morgan fingerprint density at radius 2 is 1.22 bits per heavy atom. The van der Waals surface area contributed by atoms with Crippen molar-refractivity contribution in [1.29, 1.82) is 0 Å². The van der Waals surface area contributed by atoms with Gasteiger partial charge in [-0.3, -0.25) is 9.59 Å². The Morgan fingerprint density at radius 3 is 1.75 bits per heavy atom. The van der Waals surface area contributed by atoms with Crippen molar-refractivity contribution in [3.63, 3.8) is 0 Å². The van der Waals surface area contributed by atoms with Crippen molar-refractivity contribution in [1.82, 2.24) is 0 Å². The molecule has 0 aromatic heterocycles. The first-order valence-corrected chi connectivity index (χ1v) is 11.4. The maximum absolute atomic E-state index is 14.2. The minimum atomic E-state index is -0.789. The van der Waals surface area contributed by atoms with E-state index in [0.29, 0.717) is 6.42 Å². The molecule has 0 radical (unpaired) electrons. The standard InChI is InChI=1S/C29H26O3/c1-27-22(18-23(27)32-21-16-10-5-11-17-21)25(30)28(2)24(26(27)31)29(28,19-12-6-3-7-13-19)20-14-8-4-9-15-20/h3-17,22-24H,18H2,1-2H3/t22-,23+,24+,27+,28+/m0/s1. The van der Waals surface area contributed by atoms with Gasteiger partial charge in [-0.05, 0) is 36.6 Å². The highest BCUT2D eigenvalue weighted by atomic mass is 16.5. The number of para-hydroxylation sites is 1. The van der Waals surface area contributed by atoms with Crippen LogP contribution in [0.25, 0.3) is 0 Å². The monoisotopic (exact) mass is 422 g/mol. The Morgan fingerprint density at radius 1 is 0.719 bits per heavy atom. The van der Waals surface area contributed by atoms with Gasteiger partial charge < -0.3 is 4.74 Å². The first-order chi connectivity index (χ1) is 15.5. The molecule has 0 aliphatic heterocycles. The number of benzene rings is 3. The van der Waals surface area contributed by atoms with Crippen LogP contribution in [0, 0.1) is 22.7 Å². The fourth-order valence-corrected chi connectivity index (χ4v) is 6.90. The molecule has 3 aliphatic carbocycles. The zero-order chi connectivity index (χ0) is 22.1. The van der Waals surface area contributed by atoms with E-state index in [-0.39, 0.29) is 29.5 Å². The molecule has 0 heterocycles. The second-order valence-electron chi connectivity index (χ2n) is 9.89. The predicted octanol–water partition coefficient (Wildman–Crippen LogP) is 5.23. The second-order valence-corrected chi connectivity index (χ2v) is 9.89. The molecule has 3 fully saturated rings. The highest BCUT2D eigenvalue weighted by Gasteiger charge is 2.88. The quantitative estimate of drug-likeness (QED) is 0.578. The Bertz CT molecular complexity index is 1160. The molecule has 3 aromatic rings. The highest BCUT2D eigenvalue weighted by molar-refractivity contribution is 6.13. The van der Waals surface area contributed by atoms with Crippen LogP contribution < -0.4 is 4.74 Å². The summed E-state index contributed by atoms with van der Waals surface area (Å²) in [4.78, 5) is 28.3. The maximum atomic E-state index is 14.2. The van der Waals surface area contributed by atoms with Crippen molar-refractivity contribution in [2.75, 3.05) is 0 Å². The Kier molecular flexibility index (Phi) is 3.90. The predicted molar refractivity (Wildman–Crippen MR) is 122 cm³/mol. The number of Topliss-reactive ketones (excluding diaryl/α,β-unsaturated/α-hetero) is 2. The zero-order valence-corrected chi connectivity index (χ0v) is 18.3. The summed E-state index contributed by atoms with van der Waals surface area (Å²) in [5.74, 6) is 0.462. The van der Waals surface area contributed by atoms with Gasteiger partial charge in [-0.1, -0.05) is 85.8 Å². The summed E-state index contributed by atoms with van der Waals surface area (Å²) in [5.41, 5.74) is -0.0463. The van der Waals surface area contributed by atoms with Crippen molar-refractivity contribution in [2.24, 2.45) is 22.7 Å². The van der Waals surface area contributed by atoms with Crippen molar-refractivity contribution in [3.05, 3.63) is 102 Å². The van der Waals surface area contributed by atoms with Crippen LogP contribution in [0.1, 0.15) is 31.4 Å². The van der Waals surface area contributed by atoms with Gasteiger partial charge in [0.15, 0.2) is 0 Å². The van der Waals surface area contributed by atoms with Crippen LogP contribution in [0.15, 0.2) is 91.0 Å². The molecule has 3 aliphatic rings. The summed E-state index contributed by atoms with van der Waals surface area (Å²) in [5, 5.41) is 0. The molecule has 3 aromatic carbocycles. The lowest BCUT2D eigenvalue weighted by Crippen LogP contribution is -2.65. The van der Waals surface area contributed by atoms with Gasteiger partial charge in [-0.15, -0.1) is 0 Å². The smallest absolute Gasteiger partial charge is 0.148 e. The van der Waals surface area contributed by atoms with Crippen molar-refractivity contribution >= 4 is 11.6 Å². The molecule has 5 atom stereocenters. The third-order valence-electron chi connectivity index (χ3n) is 8.69. The molecule has 0 spiro atoms. The summed E-state index contributed by atoms with van der Waals surface area (Å²) in [6, 6.07) is 29.8. The Labute approximate surface area is 188 Å². The fourth-order valence-electron chi connectivity index (χ4n) is 6.90. The molecule has 0 amide bonds. The summed E-state index contributed by atoms with van der Waals surface area (Å²) in [6.45, 7) is 3.97. The normalized spacial score (nSPS) is 34.1. The van der Waals surface area contributed by atoms with Crippen LogP contribution >= 0.6 is 0 Å².